The number of nitrogens with one attached hydrogen (secondary N) is 1. The van der Waals surface area contributed by atoms with Crippen LogP contribution in [-0.2, 0) is 11.3 Å². The SMILES string of the molecule is COCc1nc2n(n1)C(c1ccc(N(C)C)cc1)C=C(C)N2. The number of aromatic nitrogens is 3. The monoisotopic (exact) mass is 299 g/mol. The molecule has 1 atom stereocenters. The van der Waals surface area contributed by atoms with Crippen LogP contribution in [0.3, 0.4) is 0 Å². The van der Waals surface area contributed by atoms with Crippen molar-refractivity contribution in [3.8, 4) is 0 Å². The minimum atomic E-state index is 0.0468. The molecule has 0 bridgehead atoms. The summed E-state index contributed by atoms with van der Waals surface area (Å²) in [4.78, 5) is 6.57. The standard InChI is InChI=1S/C16H21N5O/c1-11-9-14(12-5-7-13(8-6-12)20(2)3)21-16(17-11)18-15(19-21)10-22-4/h5-9,14H,10H2,1-4H3,(H,17,18,19). The van der Waals surface area contributed by atoms with E-state index in [0.717, 1.165) is 11.6 Å². The van der Waals surface area contributed by atoms with E-state index in [4.69, 9.17) is 4.74 Å². The van der Waals surface area contributed by atoms with Crippen molar-refractivity contribution in [2.75, 3.05) is 31.4 Å². The lowest BCUT2D eigenvalue weighted by atomic mass is 10.0. The number of anilines is 2. The van der Waals surface area contributed by atoms with Gasteiger partial charge in [0, 0.05) is 32.6 Å². The van der Waals surface area contributed by atoms with E-state index in [0.29, 0.717) is 12.4 Å². The molecule has 6 nitrogen and oxygen atoms in total. The van der Waals surface area contributed by atoms with Gasteiger partial charge >= 0.3 is 0 Å². The van der Waals surface area contributed by atoms with Crippen LogP contribution in [0, 0.1) is 0 Å². The van der Waals surface area contributed by atoms with Gasteiger partial charge in [0.05, 0.1) is 0 Å². The van der Waals surface area contributed by atoms with Gasteiger partial charge in [0.1, 0.15) is 12.6 Å². The zero-order valence-corrected chi connectivity index (χ0v) is 13.4. The van der Waals surface area contributed by atoms with Crippen LogP contribution < -0.4 is 10.2 Å². The maximum Gasteiger partial charge on any atom is 0.226 e. The number of allylic oxidation sites excluding steroid dienone is 2. The first-order valence-corrected chi connectivity index (χ1v) is 7.25. The normalized spacial score (nSPS) is 16.7. The van der Waals surface area contributed by atoms with E-state index < -0.39 is 0 Å². The first kappa shape index (κ1) is 14.6. The van der Waals surface area contributed by atoms with Crippen LogP contribution in [0.5, 0.6) is 0 Å². The Bertz CT molecular complexity index is 687. The van der Waals surface area contributed by atoms with Gasteiger partial charge in [-0.3, -0.25) is 0 Å². The van der Waals surface area contributed by atoms with Crippen LogP contribution in [0.25, 0.3) is 0 Å². The summed E-state index contributed by atoms with van der Waals surface area (Å²) < 4.78 is 7.04. The fourth-order valence-corrected chi connectivity index (χ4v) is 2.57. The summed E-state index contributed by atoms with van der Waals surface area (Å²) in [6.07, 6.45) is 2.16. The van der Waals surface area contributed by atoms with Gasteiger partial charge in [-0.1, -0.05) is 12.1 Å². The van der Waals surface area contributed by atoms with Crippen molar-refractivity contribution in [2.24, 2.45) is 0 Å². The highest BCUT2D eigenvalue weighted by molar-refractivity contribution is 5.49. The molecule has 1 aliphatic heterocycles. The van der Waals surface area contributed by atoms with E-state index in [1.54, 1.807) is 7.11 Å². The van der Waals surface area contributed by atoms with Crippen LogP contribution in [0.2, 0.25) is 0 Å². The zero-order chi connectivity index (χ0) is 15.7. The lowest BCUT2D eigenvalue weighted by molar-refractivity contribution is 0.177. The van der Waals surface area contributed by atoms with Crippen molar-refractivity contribution in [3.05, 3.63) is 47.4 Å². The van der Waals surface area contributed by atoms with Gasteiger partial charge in [-0.15, -0.1) is 0 Å². The zero-order valence-electron chi connectivity index (χ0n) is 13.4. The first-order valence-electron chi connectivity index (χ1n) is 7.25. The molecular formula is C16H21N5O. The smallest absolute Gasteiger partial charge is 0.226 e. The largest absolute Gasteiger partial charge is 0.378 e. The van der Waals surface area contributed by atoms with Gasteiger partial charge in [-0.25, -0.2) is 4.68 Å². The summed E-state index contributed by atoms with van der Waals surface area (Å²) in [5.41, 5.74) is 3.43. The van der Waals surface area contributed by atoms with Gasteiger partial charge in [0.2, 0.25) is 5.95 Å². The Kier molecular flexibility index (Phi) is 3.85. The number of nitrogens with zero attached hydrogens (tertiary/aromatic N) is 4. The third-order valence-electron chi connectivity index (χ3n) is 3.68. The number of benzene rings is 1. The molecular weight excluding hydrogens is 278 g/mol. The second-order valence-electron chi connectivity index (χ2n) is 5.63. The summed E-state index contributed by atoms with van der Waals surface area (Å²) in [7, 11) is 5.72. The lowest BCUT2D eigenvalue weighted by Crippen LogP contribution is -2.20. The lowest BCUT2D eigenvalue weighted by Gasteiger charge is -2.23. The predicted molar refractivity (Wildman–Crippen MR) is 87.0 cm³/mol. The molecule has 0 saturated carbocycles. The fraction of sp³-hybridized carbons (Fsp3) is 0.375. The van der Waals surface area contributed by atoms with Crippen LogP contribution in [0.4, 0.5) is 11.6 Å². The Morgan fingerprint density at radius 3 is 2.64 bits per heavy atom. The third-order valence-corrected chi connectivity index (χ3v) is 3.68. The third kappa shape index (κ3) is 2.69. The maximum absolute atomic E-state index is 5.13. The molecule has 2 heterocycles. The summed E-state index contributed by atoms with van der Waals surface area (Å²) >= 11 is 0. The van der Waals surface area contributed by atoms with Crippen molar-refractivity contribution in [1.82, 2.24) is 14.8 Å². The molecule has 116 valence electrons. The molecule has 2 aromatic rings. The van der Waals surface area contributed by atoms with E-state index in [2.05, 4.69) is 50.6 Å². The Morgan fingerprint density at radius 1 is 1.27 bits per heavy atom. The topological polar surface area (TPSA) is 55.2 Å². The average Bonchev–Trinajstić information content (AvgIpc) is 2.89. The number of hydrogen-bond acceptors (Lipinski definition) is 5. The predicted octanol–water partition coefficient (Wildman–Crippen LogP) is 2.41. The van der Waals surface area contributed by atoms with Crippen LogP contribution in [0.15, 0.2) is 36.0 Å². The number of methoxy groups -OCH3 is 1. The molecule has 1 aromatic heterocycles. The first-order chi connectivity index (χ1) is 10.6. The minimum Gasteiger partial charge on any atom is -0.378 e. The molecule has 0 fully saturated rings. The molecule has 0 radical (unpaired) electrons. The van der Waals surface area contributed by atoms with Crippen molar-refractivity contribution in [3.63, 3.8) is 0 Å². The molecule has 0 aliphatic carbocycles. The molecule has 1 unspecified atom stereocenters. The number of hydrogen-bond donors (Lipinski definition) is 1. The average molecular weight is 299 g/mol. The van der Waals surface area contributed by atoms with Crippen molar-refractivity contribution in [2.45, 2.75) is 19.6 Å². The van der Waals surface area contributed by atoms with Gasteiger partial charge in [-0.05, 0) is 30.7 Å². The number of rotatable bonds is 4. The molecule has 0 spiro atoms. The van der Waals surface area contributed by atoms with Crippen molar-refractivity contribution in [1.29, 1.82) is 0 Å². The van der Waals surface area contributed by atoms with Crippen molar-refractivity contribution >= 4 is 11.6 Å². The highest BCUT2D eigenvalue weighted by Gasteiger charge is 2.23. The quantitative estimate of drug-likeness (QED) is 0.939. The Morgan fingerprint density at radius 2 is 2.00 bits per heavy atom. The molecule has 1 N–H and O–H groups in total. The second-order valence-corrected chi connectivity index (χ2v) is 5.63. The van der Waals surface area contributed by atoms with Gasteiger partial charge in [0.25, 0.3) is 0 Å². The summed E-state index contributed by atoms with van der Waals surface area (Å²) in [6.45, 7) is 2.45. The van der Waals surface area contributed by atoms with E-state index >= 15 is 0 Å². The highest BCUT2D eigenvalue weighted by Crippen LogP contribution is 2.29. The van der Waals surface area contributed by atoms with Gasteiger partial charge in [-0.2, -0.15) is 10.1 Å². The summed E-state index contributed by atoms with van der Waals surface area (Å²) in [6, 6.07) is 8.55. The Hall–Kier alpha value is -2.34. The van der Waals surface area contributed by atoms with E-state index in [-0.39, 0.29) is 6.04 Å². The Balaban J connectivity index is 1.97. The summed E-state index contributed by atoms with van der Waals surface area (Å²) in [5.74, 6) is 1.44. The van der Waals surface area contributed by atoms with Gasteiger partial charge < -0.3 is 15.0 Å². The number of ether oxygens (including phenoxy) is 1. The molecule has 0 saturated heterocycles. The molecule has 1 aliphatic rings. The second kappa shape index (κ2) is 5.81. The van der Waals surface area contributed by atoms with Gasteiger partial charge in [0.15, 0.2) is 5.82 Å². The molecule has 3 rings (SSSR count). The van der Waals surface area contributed by atoms with Crippen LogP contribution in [0.1, 0.15) is 24.4 Å². The summed E-state index contributed by atoms with van der Waals surface area (Å²) in [5, 5.41) is 7.81. The maximum atomic E-state index is 5.13. The van der Waals surface area contributed by atoms with E-state index in [9.17, 15) is 0 Å². The van der Waals surface area contributed by atoms with Crippen molar-refractivity contribution < 1.29 is 4.74 Å². The van der Waals surface area contributed by atoms with E-state index in [1.165, 1.54) is 11.3 Å². The van der Waals surface area contributed by atoms with Crippen LogP contribution in [-0.4, -0.2) is 36.0 Å². The molecule has 22 heavy (non-hydrogen) atoms. The van der Waals surface area contributed by atoms with Crippen LogP contribution >= 0.6 is 0 Å². The fourth-order valence-electron chi connectivity index (χ4n) is 2.57. The molecule has 6 heteroatoms. The minimum absolute atomic E-state index is 0.0468. The molecule has 1 aromatic carbocycles. The van der Waals surface area contributed by atoms with E-state index in [1.807, 2.05) is 25.7 Å². The highest BCUT2D eigenvalue weighted by atomic mass is 16.5. The molecule has 0 amide bonds. The Labute approximate surface area is 130 Å². The number of fused-ring (bicyclic) bond motifs is 1.